The fraction of sp³-hybridized carbons (Fsp3) is 0.133. The van der Waals surface area contributed by atoms with Gasteiger partial charge in [-0.05, 0) is 161 Å². The van der Waals surface area contributed by atoms with Crippen LogP contribution in [0.2, 0.25) is 15.1 Å². The van der Waals surface area contributed by atoms with E-state index in [2.05, 4.69) is 9.54 Å². The van der Waals surface area contributed by atoms with Crippen molar-refractivity contribution in [3.05, 3.63) is 241 Å². The summed E-state index contributed by atoms with van der Waals surface area (Å²) in [7, 11) is 1.18. The van der Waals surface area contributed by atoms with Gasteiger partial charge in [-0.1, -0.05) is 107 Å². The Hall–Kier alpha value is -7.97. The highest BCUT2D eigenvalue weighted by Gasteiger charge is 2.33. The predicted octanol–water partition coefficient (Wildman–Crippen LogP) is 15.1. The van der Waals surface area contributed by atoms with Gasteiger partial charge in [0.25, 0.3) is 0 Å². The summed E-state index contributed by atoms with van der Waals surface area (Å²) >= 11 is 18.7. The number of esters is 4. The molecule has 0 aliphatic heterocycles. The molecule has 0 aromatic heterocycles. The number of aryl methyl sites for hydroxylation is 2. The molecule has 0 amide bonds. The Bertz CT molecular complexity index is 3550. The minimum atomic E-state index is -4.58. The zero-order chi connectivity index (χ0) is 59.2. The molecule has 2 N–H and O–H groups in total. The van der Waals surface area contributed by atoms with E-state index in [0.29, 0.717) is 65.0 Å². The molecule has 8 aromatic rings. The summed E-state index contributed by atoms with van der Waals surface area (Å²) in [4.78, 5) is 51.5. The van der Waals surface area contributed by atoms with E-state index >= 15 is 0 Å². The number of hydrogen-bond acceptors (Lipinski definition) is 11. The second-order valence-corrected chi connectivity index (χ2v) is 18.7. The summed E-state index contributed by atoms with van der Waals surface area (Å²) in [6, 6.07) is 42.3. The maximum absolute atomic E-state index is 13.5. The molecule has 0 fully saturated rings. The fourth-order valence-corrected chi connectivity index (χ4v) is 8.61. The third-order valence-electron chi connectivity index (χ3n) is 12.1. The predicted molar refractivity (Wildman–Crippen MR) is 295 cm³/mol. The van der Waals surface area contributed by atoms with Gasteiger partial charge in [-0.2, -0.15) is 26.3 Å². The number of hydrogen-bond donors (Lipinski definition) is 2. The lowest BCUT2D eigenvalue weighted by molar-refractivity contribution is -0.154. The Morgan fingerprint density at radius 3 is 1.33 bits per heavy atom. The van der Waals surface area contributed by atoms with Crippen LogP contribution < -0.4 is 5.46 Å². The van der Waals surface area contributed by atoms with Crippen LogP contribution in [0.4, 0.5) is 26.3 Å². The zero-order valence-electron chi connectivity index (χ0n) is 43.1. The number of alkyl halides is 6. The Morgan fingerprint density at radius 1 is 0.469 bits per heavy atom. The van der Waals surface area contributed by atoms with Crippen molar-refractivity contribution < 1.29 is 79.6 Å². The van der Waals surface area contributed by atoms with Crippen molar-refractivity contribution in [1.82, 2.24) is 0 Å². The molecule has 8 rings (SSSR count). The summed E-state index contributed by atoms with van der Waals surface area (Å²) in [6.45, 7) is 2.78. The van der Waals surface area contributed by atoms with E-state index in [4.69, 9.17) is 54.3 Å². The molecule has 0 atom stereocenters. The van der Waals surface area contributed by atoms with Gasteiger partial charge < -0.3 is 24.0 Å². The normalized spacial score (nSPS) is 11.0. The van der Waals surface area contributed by atoms with Crippen LogP contribution in [0.3, 0.4) is 0 Å². The van der Waals surface area contributed by atoms with Gasteiger partial charge in [-0.15, -0.1) is 0 Å². The Kier molecular flexibility index (Phi) is 21.5. The van der Waals surface area contributed by atoms with E-state index in [0.717, 1.165) is 41.0 Å². The van der Waals surface area contributed by atoms with Crippen molar-refractivity contribution in [1.29, 1.82) is 0 Å². The number of benzene rings is 8. The van der Waals surface area contributed by atoms with Crippen molar-refractivity contribution in [2.24, 2.45) is 0 Å². The van der Waals surface area contributed by atoms with E-state index in [-0.39, 0.29) is 29.9 Å². The van der Waals surface area contributed by atoms with Crippen molar-refractivity contribution in [3.63, 3.8) is 0 Å². The average Bonchev–Trinajstić information content (AvgIpc) is 3.66. The quantitative estimate of drug-likeness (QED) is 0.0283. The van der Waals surface area contributed by atoms with Crippen molar-refractivity contribution in [2.45, 2.75) is 39.4 Å². The lowest BCUT2D eigenvalue weighted by Crippen LogP contribution is -2.34. The largest absolute Gasteiger partial charge is 0.522 e. The molecule has 8 aromatic carbocycles. The number of carbonyl (C=O) groups excluding carboxylic acids is 4. The van der Waals surface area contributed by atoms with E-state index in [1.807, 2.05) is 6.92 Å². The molecule has 0 aliphatic carbocycles. The Balaban J connectivity index is 0.000000215. The first-order chi connectivity index (χ1) is 38.4. The molecule has 0 spiro atoms. The zero-order valence-corrected chi connectivity index (χ0v) is 45.4. The first-order valence-electron chi connectivity index (χ1n) is 23.9. The second-order valence-electron chi connectivity index (χ2n) is 17.5. The van der Waals surface area contributed by atoms with Gasteiger partial charge in [-0.3, -0.25) is 10.1 Å². The fourth-order valence-electron chi connectivity index (χ4n) is 8.00. The van der Waals surface area contributed by atoms with Crippen LogP contribution in [0.5, 0.6) is 0 Å². The van der Waals surface area contributed by atoms with Crippen LogP contribution in [0.1, 0.15) is 74.8 Å². The van der Waals surface area contributed by atoms with Crippen LogP contribution in [0, 0.1) is 13.8 Å². The summed E-state index contributed by atoms with van der Waals surface area (Å²) < 4.78 is 99.9. The maximum atomic E-state index is 13.5. The molecule has 0 heterocycles. The molecule has 0 bridgehead atoms. The van der Waals surface area contributed by atoms with Crippen LogP contribution in [-0.2, 0) is 49.3 Å². The van der Waals surface area contributed by atoms with Crippen LogP contribution in [-0.4, -0.2) is 55.5 Å². The van der Waals surface area contributed by atoms with Crippen molar-refractivity contribution >= 4 is 71.3 Å². The second kappa shape index (κ2) is 28.0. The van der Waals surface area contributed by atoms with Crippen molar-refractivity contribution in [3.8, 4) is 33.4 Å². The van der Waals surface area contributed by atoms with Gasteiger partial charge in [0.1, 0.15) is 13.2 Å². The first kappa shape index (κ1) is 62.2. The first-order valence-corrected chi connectivity index (χ1v) is 25.0. The van der Waals surface area contributed by atoms with Crippen LogP contribution in [0.25, 0.3) is 33.4 Å². The third kappa shape index (κ3) is 16.6. The van der Waals surface area contributed by atoms with Gasteiger partial charge in [0.15, 0.2) is 0 Å². The molecule has 0 aliphatic rings. The maximum Gasteiger partial charge on any atom is 0.522 e. The summed E-state index contributed by atoms with van der Waals surface area (Å²) in [5.74, 6) is -2.21. The Morgan fingerprint density at radius 2 is 0.901 bits per heavy atom. The molecule has 11 nitrogen and oxygen atoms in total. The minimum absolute atomic E-state index is 0.154. The molecular formula is C60H46BCl3F6O11. The Labute approximate surface area is 476 Å². The molecule has 0 unspecified atom stereocenters. The molecule has 0 saturated heterocycles. The highest BCUT2D eigenvalue weighted by molar-refractivity contribution is 6.60. The third-order valence-corrected chi connectivity index (χ3v) is 13.0. The SMILES string of the molecule is COC(=O)c1ccc(-c2ccc(Cl)c(-c3ccc(C(F)(F)F)cc3COC(=O)c3ccccc3)c2)c(C)c1.COC(=O)c1ccc(B(O)OO)c(C)c1.O=C(OCc1cc(C(F)(F)F)ccc1-c1cc(Cl)ccc1Cl)c1ccccc1. The lowest BCUT2D eigenvalue weighted by atomic mass is 9.77. The van der Waals surface area contributed by atoms with Gasteiger partial charge in [0.05, 0.1) is 47.6 Å². The van der Waals surface area contributed by atoms with Gasteiger partial charge >= 0.3 is 43.3 Å². The van der Waals surface area contributed by atoms with Gasteiger partial charge in [0.2, 0.25) is 0 Å². The van der Waals surface area contributed by atoms with Gasteiger partial charge in [0, 0.05) is 26.2 Å². The summed E-state index contributed by atoms with van der Waals surface area (Å²) in [6.07, 6.45) is -9.12. The van der Waals surface area contributed by atoms with Crippen LogP contribution >= 0.6 is 34.8 Å². The minimum Gasteiger partial charge on any atom is -0.465 e. The lowest BCUT2D eigenvalue weighted by Gasteiger charge is -2.17. The number of methoxy groups -OCH3 is 2. The number of ether oxygens (including phenoxy) is 4. The highest BCUT2D eigenvalue weighted by atomic mass is 35.5. The molecular weight excluding hydrogens is 1130 g/mol. The smallest absolute Gasteiger partial charge is 0.465 e. The van der Waals surface area contributed by atoms with Crippen LogP contribution in [0.15, 0.2) is 170 Å². The molecule has 418 valence electrons. The van der Waals surface area contributed by atoms with Gasteiger partial charge in [-0.25, -0.2) is 19.2 Å². The van der Waals surface area contributed by atoms with E-state index in [1.165, 1.54) is 38.5 Å². The van der Waals surface area contributed by atoms with E-state index < -0.39 is 54.5 Å². The standard InChI is InChI=1S/C30H22ClF3O4.C21H13Cl2F3O2.C9H11BO5/c1-18-14-21(28(35)37-2)8-11-24(18)20-9-13-27(31)26(16-20)25-12-10-23(30(32,33)34)15-22(25)17-38-29(36)19-6-4-3-5-7-19;22-16-7-9-19(23)18(11-16)17-8-6-15(21(24,25)26)10-14(17)12-28-20(27)13-4-2-1-3-5-13;1-6-5-7(9(11)14-2)3-4-8(6)10(12)15-13/h3-16H,17H2,1-2H3;1-11H,12H2;3-5,12-13H,1-2H3. The average molecular weight is 1170 g/mol. The summed E-state index contributed by atoms with van der Waals surface area (Å²) in [5, 5.41) is 18.5. The monoisotopic (exact) mass is 1170 g/mol. The number of rotatable bonds is 13. The van der Waals surface area contributed by atoms with E-state index in [9.17, 15) is 50.5 Å². The topological polar surface area (TPSA) is 155 Å². The number of carbonyl (C=O) groups is 4. The molecule has 21 heteroatoms. The molecule has 81 heavy (non-hydrogen) atoms. The number of halogens is 9. The molecule has 0 saturated carbocycles. The van der Waals surface area contributed by atoms with Crippen molar-refractivity contribution in [2.75, 3.05) is 14.2 Å². The molecule has 0 radical (unpaired) electrons. The summed E-state index contributed by atoms with van der Waals surface area (Å²) in [5.41, 5.74) is 5.06. The van der Waals surface area contributed by atoms with E-state index in [1.54, 1.807) is 128 Å². The highest BCUT2D eigenvalue weighted by Crippen LogP contribution is 2.40.